The standard InChI is InChI=1S/C11H10N2OS2/c1-2-3-8(14)9-6-7-10(16-9)12-11-13(7)4-5-15-11/h4-6H,2-3H2,1H3. The fourth-order valence-electron chi connectivity index (χ4n) is 1.74. The molecular formula is C11H10N2OS2. The Morgan fingerprint density at radius 3 is 3.25 bits per heavy atom. The largest absolute Gasteiger partial charge is 0.293 e. The van der Waals surface area contributed by atoms with E-state index in [0.717, 1.165) is 26.6 Å². The number of imidazole rings is 1. The third-order valence-electron chi connectivity index (χ3n) is 2.49. The molecule has 0 saturated carbocycles. The van der Waals surface area contributed by atoms with E-state index in [2.05, 4.69) is 4.98 Å². The Labute approximate surface area is 100 Å². The van der Waals surface area contributed by atoms with Crippen LogP contribution in [0.25, 0.3) is 15.3 Å². The van der Waals surface area contributed by atoms with E-state index in [1.165, 1.54) is 11.3 Å². The van der Waals surface area contributed by atoms with Gasteiger partial charge in [-0.1, -0.05) is 6.92 Å². The summed E-state index contributed by atoms with van der Waals surface area (Å²) < 4.78 is 2.04. The van der Waals surface area contributed by atoms with E-state index in [1.807, 2.05) is 29.0 Å². The summed E-state index contributed by atoms with van der Waals surface area (Å²) in [5.41, 5.74) is 1.06. The molecule has 0 unspecified atom stereocenters. The normalized spacial score (nSPS) is 11.6. The van der Waals surface area contributed by atoms with Gasteiger partial charge in [0.25, 0.3) is 0 Å². The van der Waals surface area contributed by atoms with Crippen LogP contribution in [0.2, 0.25) is 0 Å². The second kappa shape index (κ2) is 3.68. The van der Waals surface area contributed by atoms with Crippen molar-refractivity contribution in [1.82, 2.24) is 9.38 Å². The zero-order chi connectivity index (χ0) is 11.1. The summed E-state index contributed by atoms with van der Waals surface area (Å²) in [5, 5.41) is 2.01. The molecular weight excluding hydrogens is 240 g/mol. The maximum Gasteiger partial charge on any atom is 0.195 e. The van der Waals surface area contributed by atoms with Gasteiger partial charge in [-0.05, 0) is 12.5 Å². The summed E-state index contributed by atoms with van der Waals surface area (Å²) in [6, 6.07) is 1.96. The van der Waals surface area contributed by atoms with Crippen molar-refractivity contribution in [3.05, 3.63) is 22.5 Å². The summed E-state index contributed by atoms with van der Waals surface area (Å²) in [6.45, 7) is 2.02. The second-order valence-corrected chi connectivity index (χ2v) is 5.55. The molecule has 3 heterocycles. The average molecular weight is 250 g/mol. The third kappa shape index (κ3) is 1.39. The van der Waals surface area contributed by atoms with Crippen LogP contribution in [0.5, 0.6) is 0 Å². The number of hydrogen-bond acceptors (Lipinski definition) is 4. The molecule has 0 fully saturated rings. The second-order valence-electron chi connectivity index (χ2n) is 3.64. The maximum atomic E-state index is 11.8. The Kier molecular flexibility index (Phi) is 2.29. The highest BCUT2D eigenvalue weighted by molar-refractivity contribution is 7.21. The SMILES string of the molecule is CCCC(=O)c1cc2c(nc3sccn32)s1. The van der Waals surface area contributed by atoms with Gasteiger partial charge in [0.15, 0.2) is 10.7 Å². The number of nitrogens with zero attached hydrogens (tertiary/aromatic N) is 2. The fourth-order valence-corrected chi connectivity index (χ4v) is 3.50. The first-order valence-corrected chi connectivity index (χ1v) is 6.87. The van der Waals surface area contributed by atoms with E-state index in [-0.39, 0.29) is 5.78 Å². The summed E-state index contributed by atoms with van der Waals surface area (Å²) in [4.78, 5) is 19.0. The third-order valence-corrected chi connectivity index (χ3v) is 4.31. The lowest BCUT2D eigenvalue weighted by Crippen LogP contribution is -1.93. The summed E-state index contributed by atoms with van der Waals surface area (Å²) in [5.74, 6) is 0.231. The molecule has 0 atom stereocenters. The fraction of sp³-hybridized carbons (Fsp3) is 0.273. The van der Waals surface area contributed by atoms with Crippen LogP contribution in [0.1, 0.15) is 29.4 Å². The van der Waals surface area contributed by atoms with E-state index >= 15 is 0 Å². The first-order chi connectivity index (χ1) is 7.79. The van der Waals surface area contributed by atoms with Gasteiger partial charge in [-0.2, -0.15) is 0 Å². The minimum Gasteiger partial charge on any atom is -0.293 e. The van der Waals surface area contributed by atoms with Crippen molar-refractivity contribution in [2.24, 2.45) is 0 Å². The number of carbonyl (C=O) groups excluding carboxylic acids is 1. The van der Waals surface area contributed by atoms with E-state index in [0.29, 0.717) is 6.42 Å². The van der Waals surface area contributed by atoms with Gasteiger partial charge < -0.3 is 0 Å². The minimum absolute atomic E-state index is 0.231. The van der Waals surface area contributed by atoms with Crippen molar-refractivity contribution in [2.45, 2.75) is 19.8 Å². The number of carbonyl (C=O) groups is 1. The van der Waals surface area contributed by atoms with Gasteiger partial charge >= 0.3 is 0 Å². The highest BCUT2D eigenvalue weighted by Gasteiger charge is 2.13. The van der Waals surface area contributed by atoms with Gasteiger partial charge in [0, 0.05) is 18.0 Å². The number of fused-ring (bicyclic) bond motifs is 3. The van der Waals surface area contributed by atoms with Gasteiger partial charge in [0.05, 0.1) is 10.4 Å². The average Bonchev–Trinajstić information content (AvgIpc) is 2.87. The summed E-state index contributed by atoms with van der Waals surface area (Å²) >= 11 is 3.12. The number of rotatable bonds is 3. The highest BCUT2D eigenvalue weighted by atomic mass is 32.1. The summed E-state index contributed by atoms with van der Waals surface area (Å²) in [6.07, 6.45) is 3.52. The Morgan fingerprint density at radius 2 is 2.44 bits per heavy atom. The molecule has 3 rings (SSSR count). The van der Waals surface area contributed by atoms with Crippen molar-refractivity contribution in [1.29, 1.82) is 0 Å². The molecule has 0 amide bonds. The molecule has 0 bridgehead atoms. The molecule has 0 aliphatic rings. The van der Waals surface area contributed by atoms with Crippen molar-refractivity contribution in [2.75, 3.05) is 0 Å². The molecule has 5 heteroatoms. The Balaban J connectivity index is 2.14. The smallest absolute Gasteiger partial charge is 0.195 e. The van der Waals surface area contributed by atoms with Gasteiger partial charge in [-0.3, -0.25) is 9.20 Å². The molecule has 0 saturated heterocycles. The van der Waals surface area contributed by atoms with Crippen LogP contribution in [0.4, 0.5) is 0 Å². The van der Waals surface area contributed by atoms with Gasteiger partial charge in [0.2, 0.25) is 0 Å². The Morgan fingerprint density at radius 1 is 1.56 bits per heavy atom. The van der Waals surface area contributed by atoms with Crippen LogP contribution in [-0.2, 0) is 0 Å². The lowest BCUT2D eigenvalue weighted by molar-refractivity contribution is 0.0985. The zero-order valence-corrected chi connectivity index (χ0v) is 10.4. The van der Waals surface area contributed by atoms with Crippen LogP contribution in [0, 0.1) is 0 Å². The lowest BCUT2D eigenvalue weighted by atomic mass is 10.2. The van der Waals surface area contributed by atoms with E-state index < -0.39 is 0 Å². The van der Waals surface area contributed by atoms with E-state index in [1.54, 1.807) is 11.3 Å². The number of thiophene rings is 1. The van der Waals surface area contributed by atoms with Crippen LogP contribution >= 0.6 is 22.7 Å². The van der Waals surface area contributed by atoms with E-state index in [4.69, 9.17) is 0 Å². The summed E-state index contributed by atoms with van der Waals surface area (Å²) in [7, 11) is 0. The first kappa shape index (κ1) is 9.99. The van der Waals surface area contributed by atoms with Crippen molar-refractivity contribution < 1.29 is 4.79 Å². The monoisotopic (exact) mass is 250 g/mol. The van der Waals surface area contributed by atoms with Crippen molar-refractivity contribution >= 4 is 43.8 Å². The Bertz CT molecular complexity index is 662. The molecule has 0 radical (unpaired) electrons. The predicted octanol–water partition coefficient (Wildman–Crippen LogP) is 3.59. The molecule has 0 aromatic carbocycles. The molecule has 3 nitrogen and oxygen atoms in total. The number of Topliss-reactive ketones (excluding diaryl/α,β-unsaturated/α-hetero) is 1. The molecule has 0 spiro atoms. The number of aromatic nitrogens is 2. The van der Waals surface area contributed by atoms with Crippen LogP contribution in [-0.4, -0.2) is 15.2 Å². The quantitative estimate of drug-likeness (QED) is 0.666. The van der Waals surface area contributed by atoms with Crippen LogP contribution in [0.15, 0.2) is 17.6 Å². The van der Waals surface area contributed by atoms with Gasteiger partial charge in [-0.25, -0.2) is 4.98 Å². The zero-order valence-electron chi connectivity index (χ0n) is 8.77. The molecule has 0 aliphatic carbocycles. The van der Waals surface area contributed by atoms with Gasteiger partial charge in [-0.15, -0.1) is 22.7 Å². The minimum atomic E-state index is 0.231. The topological polar surface area (TPSA) is 34.4 Å². The van der Waals surface area contributed by atoms with Crippen LogP contribution < -0.4 is 0 Å². The lowest BCUT2D eigenvalue weighted by Gasteiger charge is -1.91. The molecule has 0 aliphatic heterocycles. The Hall–Kier alpha value is -1.20. The van der Waals surface area contributed by atoms with Gasteiger partial charge in [0.1, 0.15) is 4.83 Å². The van der Waals surface area contributed by atoms with E-state index in [9.17, 15) is 4.79 Å². The number of hydrogen-bond donors (Lipinski definition) is 0. The molecule has 0 N–H and O–H groups in total. The highest BCUT2D eigenvalue weighted by Crippen LogP contribution is 2.28. The first-order valence-electron chi connectivity index (χ1n) is 5.18. The molecule has 16 heavy (non-hydrogen) atoms. The number of thiazole rings is 1. The molecule has 82 valence electrons. The molecule has 3 aromatic rings. The molecule has 3 aromatic heterocycles. The maximum absolute atomic E-state index is 11.8. The van der Waals surface area contributed by atoms with Crippen LogP contribution in [0.3, 0.4) is 0 Å². The van der Waals surface area contributed by atoms with Crippen molar-refractivity contribution in [3.8, 4) is 0 Å². The predicted molar refractivity (Wildman–Crippen MR) is 67.7 cm³/mol. The van der Waals surface area contributed by atoms with Crippen molar-refractivity contribution in [3.63, 3.8) is 0 Å². The number of ketones is 1.